The predicted molar refractivity (Wildman–Crippen MR) is 90.3 cm³/mol. The van der Waals surface area contributed by atoms with Crippen LogP contribution in [0.25, 0.3) is 0 Å². The van der Waals surface area contributed by atoms with Gasteiger partial charge in [0.25, 0.3) is 0 Å². The van der Waals surface area contributed by atoms with Gasteiger partial charge in [-0.25, -0.2) is 0 Å². The van der Waals surface area contributed by atoms with E-state index >= 15 is 0 Å². The summed E-state index contributed by atoms with van der Waals surface area (Å²) < 4.78 is 9.44. The Hall–Kier alpha value is -1.14. The van der Waals surface area contributed by atoms with E-state index in [-0.39, 0.29) is 23.8 Å². The van der Waals surface area contributed by atoms with Gasteiger partial charge in [-0.1, -0.05) is 19.9 Å². The van der Waals surface area contributed by atoms with Crippen LogP contribution >= 0.6 is 23.5 Å². The quantitative estimate of drug-likeness (QED) is 0.532. The van der Waals surface area contributed by atoms with Crippen molar-refractivity contribution in [2.24, 2.45) is 11.8 Å². The monoisotopic (exact) mass is 342 g/mol. The number of methoxy groups -OCH3 is 2. The van der Waals surface area contributed by atoms with Crippen molar-refractivity contribution in [3.8, 4) is 0 Å². The largest absolute Gasteiger partial charge is 0.469 e. The molecule has 0 aliphatic rings. The molecule has 1 rings (SSSR count). The molecule has 0 saturated carbocycles. The Morgan fingerprint density at radius 1 is 0.955 bits per heavy atom. The van der Waals surface area contributed by atoms with Gasteiger partial charge in [-0.05, 0) is 18.2 Å². The predicted octanol–water partition coefficient (Wildman–Crippen LogP) is 3.49. The summed E-state index contributed by atoms with van der Waals surface area (Å²) in [6.45, 7) is 3.71. The summed E-state index contributed by atoms with van der Waals surface area (Å²) in [5.41, 5.74) is 0. The Bertz CT molecular complexity index is 463. The normalized spacial score (nSPS) is 13.3. The zero-order chi connectivity index (χ0) is 16.5. The van der Waals surface area contributed by atoms with Gasteiger partial charge in [0, 0.05) is 21.3 Å². The molecular weight excluding hydrogens is 320 g/mol. The lowest BCUT2D eigenvalue weighted by Crippen LogP contribution is -2.14. The molecule has 1 aromatic carbocycles. The lowest BCUT2D eigenvalue weighted by atomic mass is 10.2. The van der Waals surface area contributed by atoms with Crippen molar-refractivity contribution in [2.45, 2.75) is 23.6 Å². The van der Waals surface area contributed by atoms with E-state index in [4.69, 9.17) is 9.47 Å². The Kier molecular flexibility index (Phi) is 8.42. The van der Waals surface area contributed by atoms with E-state index in [1.165, 1.54) is 14.2 Å². The van der Waals surface area contributed by atoms with Crippen LogP contribution < -0.4 is 0 Å². The minimum absolute atomic E-state index is 0.134. The van der Waals surface area contributed by atoms with Gasteiger partial charge in [0.05, 0.1) is 26.1 Å². The third-order valence-corrected chi connectivity index (χ3v) is 5.52. The number of esters is 2. The number of hydrogen-bond acceptors (Lipinski definition) is 6. The van der Waals surface area contributed by atoms with E-state index in [1.807, 2.05) is 32.0 Å². The highest BCUT2D eigenvalue weighted by Gasteiger charge is 2.15. The van der Waals surface area contributed by atoms with Crippen LogP contribution in [0.5, 0.6) is 0 Å². The van der Waals surface area contributed by atoms with Crippen LogP contribution in [-0.4, -0.2) is 37.7 Å². The van der Waals surface area contributed by atoms with Crippen LogP contribution in [0.3, 0.4) is 0 Å². The molecule has 0 radical (unpaired) electrons. The van der Waals surface area contributed by atoms with Gasteiger partial charge in [-0.15, -0.1) is 23.5 Å². The standard InChI is InChI=1S/C16H22O4S2/c1-11(15(17)19-3)9-21-13-6-5-7-14(8-13)22-10-12(2)16(18)20-4/h5-8,11-12H,9-10H2,1-4H3. The fourth-order valence-corrected chi connectivity index (χ4v) is 3.64. The second kappa shape index (κ2) is 9.79. The van der Waals surface area contributed by atoms with Gasteiger partial charge < -0.3 is 9.47 Å². The molecule has 2 unspecified atom stereocenters. The topological polar surface area (TPSA) is 52.6 Å². The first-order chi connectivity index (χ1) is 10.5. The molecule has 0 fully saturated rings. The first-order valence-corrected chi connectivity index (χ1v) is 8.96. The Morgan fingerprint density at radius 2 is 1.36 bits per heavy atom. The molecule has 0 spiro atoms. The van der Waals surface area contributed by atoms with Crippen molar-refractivity contribution < 1.29 is 19.1 Å². The Labute approximate surface area is 140 Å². The number of carbonyl (C=O) groups excluding carboxylic acids is 2. The first-order valence-electron chi connectivity index (χ1n) is 6.99. The number of carbonyl (C=O) groups is 2. The molecule has 0 aromatic heterocycles. The van der Waals surface area contributed by atoms with Crippen molar-refractivity contribution in [3.05, 3.63) is 24.3 Å². The van der Waals surface area contributed by atoms with E-state index < -0.39 is 0 Å². The number of ether oxygens (including phenoxy) is 2. The van der Waals surface area contributed by atoms with Crippen LogP contribution in [0.4, 0.5) is 0 Å². The molecule has 0 amide bonds. The van der Waals surface area contributed by atoms with Gasteiger partial charge in [0.15, 0.2) is 0 Å². The molecule has 6 heteroatoms. The van der Waals surface area contributed by atoms with Crippen LogP contribution in [0.15, 0.2) is 34.1 Å². The molecule has 22 heavy (non-hydrogen) atoms. The maximum absolute atomic E-state index is 11.4. The second-order valence-electron chi connectivity index (χ2n) is 4.95. The van der Waals surface area contributed by atoms with Gasteiger partial charge in [0.2, 0.25) is 0 Å². The van der Waals surface area contributed by atoms with Gasteiger partial charge in [-0.2, -0.15) is 0 Å². The van der Waals surface area contributed by atoms with Gasteiger partial charge >= 0.3 is 11.9 Å². The first kappa shape index (κ1) is 18.9. The SMILES string of the molecule is COC(=O)C(C)CSc1cccc(SCC(C)C(=O)OC)c1. The highest BCUT2D eigenvalue weighted by Crippen LogP contribution is 2.27. The smallest absolute Gasteiger partial charge is 0.309 e. The zero-order valence-electron chi connectivity index (χ0n) is 13.3. The molecule has 1 aromatic rings. The van der Waals surface area contributed by atoms with Gasteiger partial charge in [0.1, 0.15) is 0 Å². The third kappa shape index (κ3) is 6.32. The summed E-state index contributed by atoms with van der Waals surface area (Å²) >= 11 is 3.25. The highest BCUT2D eigenvalue weighted by atomic mass is 32.2. The third-order valence-electron chi connectivity index (χ3n) is 3.01. The lowest BCUT2D eigenvalue weighted by Gasteiger charge is -2.11. The summed E-state index contributed by atoms with van der Waals surface area (Å²) in [6, 6.07) is 8.09. The molecule has 0 aliphatic carbocycles. The number of benzene rings is 1. The molecule has 0 N–H and O–H groups in total. The summed E-state index contributed by atoms with van der Waals surface area (Å²) in [5, 5.41) is 0. The van der Waals surface area contributed by atoms with Crippen LogP contribution in [-0.2, 0) is 19.1 Å². The summed E-state index contributed by atoms with van der Waals surface area (Å²) in [7, 11) is 2.81. The Balaban J connectivity index is 2.52. The van der Waals surface area contributed by atoms with Crippen molar-refractivity contribution in [1.29, 1.82) is 0 Å². The lowest BCUT2D eigenvalue weighted by molar-refractivity contribution is -0.144. The van der Waals surface area contributed by atoms with E-state index in [0.717, 1.165) is 9.79 Å². The minimum atomic E-state index is -0.190. The van der Waals surface area contributed by atoms with Crippen LogP contribution in [0, 0.1) is 11.8 Å². The van der Waals surface area contributed by atoms with Crippen molar-refractivity contribution in [3.63, 3.8) is 0 Å². The fourth-order valence-electron chi connectivity index (χ4n) is 1.63. The molecule has 0 heterocycles. The molecule has 122 valence electrons. The van der Waals surface area contributed by atoms with E-state index in [1.54, 1.807) is 23.5 Å². The molecule has 0 bridgehead atoms. The average Bonchev–Trinajstić information content (AvgIpc) is 2.56. The highest BCUT2D eigenvalue weighted by molar-refractivity contribution is 8.00. The summed E-state index contributed by atoms with van der Waals surface area (Å²) in [4.78, 5) is 25.0. The molecule has 0 saturated heterocycles. The fraction of sp³-hybridized carbons (Fsp3) is 0.500. The average molecular weight is 342 g/mol. The summed E-state index contributed by atoms with van der Waals surface area (Å²) in [6.07, 6.45) is 0. The maximum Gasteiger partial charge on any atom is 0.309 e. The summed E-state index contributed by atoms with van der Waals surface area (Å²) in [5.74, 6) is 0.713. The Morgan fingerprint density at radius 3 is 1.73 bits per heavy atom. The van der Waals surface area contributed by atoms with E-state index in [0.29, 0.717) is 11.5 Å². The molecule has 4 nitrogen and oxygen atoms in total. The minimum Gasteiger partial charge on any atom is -0.469 e. The maximum atomic E-state index is 11.4. The van der Waals surface area contributed by atoms with Crippen LogP contribution in [0.2, 0.25) is 0 Å². The number of rotatable bonds is 8. The van der Waals surface area contributed by atoms with Crippen molar-refractivity contribution in [2.75, 3.05) is 25.7 Å². The van der Waals surface area contributed by atoms with E-state index in [2.05, 4.69) is 6.07 Å². The molecular formula is C16H22O4S2. The van der Waals surface area contributed by atoms with Crippen LogP contribution in [0.1, 0.15) is 13.8 Å². The molecule has 0 aliphatic heterocycles. The number of thioether (sulfide) groups is 2. The van der Waals surface area contributed by atoms with E-state index in [9.17, 15) is 9.59 Å². The van der Waals surface area contributed by atoms with Gasteiger partial charge in [-0.3, -0.25) is 9.59 Å². The second-order valence-corrected chi connectivity index (χ2v) is 7.13. The van der Waals surface area contributed by atoms with Crippen molar-refractivity contribution in [1.82, 2.24) is 0 Å². The zero-order valence-corrected chi connectivity index (χ0v) is 15.0. The van der Waals surface area contributed by atoms with Crippen molar-refractivity contribution >= 4 is 35.5 Å². The number of hydrogen-bond donors (Lipinski definition) is 0. The molecule has 2 atom stereocenters.